The van der Waals surface area contributed by atoms with Crippen LogP contribution in [0.3, 0.4) is 0 Å². The standard InChI is InChI=1S/C13H18N2O4/c14-15-13(17)12-6-5-11(19-12)8-18-10-3-1-9(7-16)2-4-10/h1-4,11-12,16H,5-8,14H2,(H,15,17). The Hall–Kier alpha value is -1.63. The molecule has 0 saturated carbocycles. The summed E-state index contributed by atoms with van der Waals surface area (Å²) in [5.74, 6) is 5.48. The average Bonchev–Trinajstić information content (AvgIpc) is 2.93. The van der Waals surface area contributed by atoms with Crippen LogP contribution in [0.15, 0.2) is 24.3 Å². The molecule has 2 rings (SSSR count). The van der Waals surface area contributed by atoms with E-state index in [1.54, 1.807) is 24.3 Å². The second kappa shape index (κ2) is 6.51. The fourth-order valence-electron chi connectivity index (χ4n) is 1.99. The van der Waals surface area contributed by atoms with Crippen LogP contribution in [0.25, 0.3) is 0 Å². The number of aliphatic hydroxyl groups is 1. The third kappa shape index (κ3) is 3.66. The number of rotatable bonds is 5. The molecule has 0 spiro atoms. The van der Waals surface area contributed by atoms with E-state index in [1.165, 1.54) is 0 Å². The zero-order valence-corrected chi connectivity index (χ0v) is 10.5. The van der Waals surface area contributed by atoms with Crippen LogP contribution in [-0.2, 0) is 16.1 Å². The van der Waals surface area contributed by atoms with Crippen LogP contribution in [0.2, 0.25) is 0 Å². The monoisotopic (exact) mass is 266 g/mol. The van der Waals surface area contributed by atoms with Gasteiger partial charge < -0.3 is 14.6 Å². The Kier molecular flexibility index (Phi) is 4.73. The maximum Gasteiger partial charge on any atom is 0.263 e. The molecule has 6 nitrogen and oxygen atoms in total. The fraction of sp³-hybridized carbons (Fsp3) is 0.462. The third-order valence-corrected chi connectivity index (χ3v) is 3.08. The molecule has 0 aliphatic carbocycles. The van der Waals surface area contributed by atoms with Gasteiger partial charge in [0.15, 0.2) is 0 Å². The summed E-state index contributed by atoms with van der Waals surface area (Å²) in [7, 11) is 0. The number of amides is 1. The molecule has 6 heteroatoms. The number of hydrogen-bond acceptors (Lipinski definition) is 5. The van der Waals surface area contributed by atoms with Gasteiger partial charge in [-0.15, -0.1) is 0 Å². The Morgan fingerprint density at radius 1 is 1.42 bits per heavy atom. The number of aliphatic hydroxyl groups excluding tert-OH is 1. The van der Waals surface area contributed by atoms with Gasteiger partial charge in [0.2, 0.25) is 0 Å². The molecule has 104 valence electrons. The number of nitrogens with two attached hydrogens (primary N) is 1. The van der Waals surface area contributed by atoms with Gasteiger partial charge in [0, 0.05) is 0 Å². The normalized spacial score (nSPS) is 22.2. The first-order valence-corrected chi connectivity index (χ1v) is 6.21. The van der Waals surface area contributed by atoms with E-state index in [9.17, 15) is 4.79 Å². The Labute approximate surface area is 111 Å². The molecule has 1 amide bonds. The molecule has 1 fully saturated rings. The van der Waals surface area contributed by atoms with Crippen molar-refractivity contribution in [1.29, 1.82) is 0 Å². The highest BCUT2D eigenvalue weighted by Gasteiger charge is 2.30. The number of ether oxygens (including phenoxy) is 2. The molecular formula is C13H18N2O4. The highest BCUT2D eigenvalue weighted by molar-refractivity contribution is 5.80. The van der Waals surface area contributed by atoms with Crippen LogP contribution in [-0.4, -0.2) is 29.8 Å². The Morgan fingerprint density at radius 3 is 2.79 bits per heavy atom. The lowest BCUT2D eigenvalue weighted by molar-refractivity contribution is -0.132. The average molecular weight is 266 g/mol. The number of hydrazine groups is 1. The Bertz CT molecular complexity index is 421. The van der Waals surface area contributed by atoms with E-state index in [-0.39, 0.29) is 18.6 Å². The van der Waals surface area contributed by atoms with Gasteiger partial charge in [-0.1, -0.05) is 12.1 Å². The van der Waals surface area contributed by atoms with Crippen molar-refractivity contribution < 1.29 is 19.4 Å². The molecule has 1 aliphatic heterocycles. The van der Waals surface area contributed by atoms with Gasteiger partial charge in [-0.05, 0) is 30.5 Å². The summed E-state index contributed by atoms with van der Waals surface area (Å²) >= 11 is 0. The van der Waals surface area contributed by atoms with E-state index in [0.29, 0.717) is 18.8 Å². The van der Waals surface area contributed by atoms with E-state index in [1.807, 2.05) is 0 Å². The molecule has 1 heterocycles. The maximum atomic E-state index is 11.3. The van der Waals surface area contributed by atoms with Gasteiger partial charge in [0.25, 0.3) is 5.91 Å². The summed E-state index contributed by atoms with van der Waals surface area (Å²) < 4.78 is 11.1. The minimum absolute atomic E-state index is 0.0158. The largest absolute Gasteiger partial charge is 0.491 e. The number of carbonyl (C=O) groups excluding carboxylic acids is 1. The minimum atomic E-state index is -0.477. The van der Waals surface area contributed by atoms with Crippen LogP contribution in [0.5, 0.6) is 5.75 Å². The van der Waals surface area contributed by atoms with E-state index < -0.39 is 6.10 Å². The Balaban J connectivity index is 1.78. The zero-order valence-electron chi connectivity index (χ0n) is 10.5. The number of nitrogens with one attached hydrogen (secondary N) is 1. The first-order chi connectivity index (χ1) is 9.22. The molecule has 4 N–H and O–H groups in total. The van der Waals surface area contributed by atoms with Crippen molar-refractivity contribution in [2.75, 3.05) is 6.61 Å². The van der Waals surface area contributed by atoms with Gasteiger partial charge in [0.05, 0.1) is 12.7 Å². The van der Waals surface area contributed by atoms with Crippen LogP contribution in [0.1, 0.15) is 18.4 Å². The molecule has 2 unspecified atom stereocenters. The summed E-state index contributed by atoms with van der Waals surface area (Å²) in [5, 5.41) is 8.93. The lowest BCUT2D eigenvalue weighted by Crippen LogP contribution is -2.39. The highest BCUT2D eigenvalue weighted by Crippen LogP contribution is 2.21. The van der Waals surface area contributed by atoms with Gasteiger partial charge in [-0.25, -0.2) is 5.84 Å². The lowest BCUT2D eigenvalue weighted by atomic mass is 10.2. The van der Waals surface area contributed by atoms with E-state index >= 15 is 0 Å². The second-order valence-corrected chi connectivity index (χ2v) is 4.45. The van der Waals surface area contributed by atoms with Crippen LogP contribution in [0.4, 0.5) is 0 Å². The van der Waals surface area contributed by atoms with E-state index in [0.717, 1.165) is 12.0 Å². The molecule has 1 saturated heterocycles. The molecule has 19 heavy (non-hydrogen) atoms. The smallest absolute Gasteiger partial charge is 0.263 e. The van der Waals surface area contributed by atoms with Crippen molar-refractivity contribution >= 4 is 5.91 Å². The van der Waals surface area contributed by atoms with Gasteiger partial charge in [-0.2, -0.15) is 0 Å². The van der Waals surface area contributed by atoms with Crippen molar-refractivity contribution in [3.8, 4) is 5.75 Å². The van der Waals surface area contributed by atoms with E-state index in [4.69, 9.17) is 20.4 Å². The topological polar surface area (TPSA) is 93.8 Å². The van der Waals surface area contributed by atoms with Crippen LogP contribution < -0.4 is 16.0 Å². The van der Waals surface area contributed by atoms with Gasteiger partial charge >= 0.3 is 0 Å². The van der Waals surface area contributed by atoms with Crippen molar-refractivity contribution in [2.45, 2.75) is 31.7 Å². The van der Waals surface area contributed by atoms with Crippen LogP contribution in [0, 0.1) is 0 Å². The summed E-state index contributed by atoms with van der Waals surface area (Å²) in [6.07, 6.45) is 0.850. The summed E-state index contributed by atoms with van der Waals surface area (Å²) in [5.41, 5.74) is 2.92. The zero-order chi connectivity index (χ0) is 13.7. The SMILES string of the molecule is NNC(=O)C1CCC(COc2ccc(CO)cc2)O1. The maximum absolute atomic E-state index is 11.3. The quantitative estimate of drug-likeness (QED) is 0.399. The van der Waals surface area contributed by atoms with Crippen molar-refractivity contribution in [2.24, 2.45) is 5.84 Å². The van der Waals surface area contributed by atoms with Crippen molar-refractivity contribution in [1.82, 2.24) is 5.43 Å². The fourth-order valence-corrected chi connectivity index (χ4v) is 1.99. The van der Waals surface area contributed by atoms with Crippen molar-refractivity contribution in [3.63, 3.8) is 0 Å². The molecule has 1 aromatic carbocycles. The molecular weight excluding hydrogens is 248 g/mol. The highest BCUT2D eigenvalue weighted by atomic mass is 16.5. The predicted octanol–water partition coefficient (Wildman–Crippen LogP) is 0.0952. The number of benzene rings is 1. The van der Waals surface area contributed by atoms with Crippen LogP contribution >= 0.6 is 0 Å². The van der Waals surface area contributed by atoms with E-state index in [2.05, 4.69) is 5.43 Å². The molecule has 1 aliphatic rings. The predicted molar refractivity (Wildman–Crippen MR) is 68.1 cm³/mol. The summed E-state index contributed by atoms with van der Waals surface area (Å²) in [4.78, 5) is 11.3. The first-order valence-electron chi connectivity index (χ1n) is 6.21. The minimum Gasteiger partial charge on any atom is -0.491 e. The third-order valence-electron chi connectivity index (χ3n) is 3.08. The first kappa shape index (κ1) is 13.8. The lowest BCUT2D eigenvalue weighted by Gasteiger charge is -2.13. The molecule has 2 atom stereocenters. The molecule has 0 aromatic heterocycles. The Morgan fingerprint density at radius 2 is 2.16 bits per heavy atom. The summed E-state index contributed by atoms with van der Waals surface area (Å²) in [6, 6.07) is 7.19. The van der Waals surface area contributed by atoms with Gasteiger partial charge in [-0.3, -0.25) is 10.2 Å². The van der Waals surface area contributed by atoms with Crippen molar-refractivity contribution in [3.05, 3.63) is 29.8 Å². The molecule has 0 bridgehead atoms. The molecule has 0 radical (unpaired) electrons. The second-order valence-electron chi connectivity index (χ2n) is 4.45. The number of carbonyl (C=O) groups is 1. The number of hydrogen-bond donors (Lipinski definition) is 3. The summed E-state index contributed by atoms with van der Waals surface area (Å²) in [6.45, 7) is 0.411. The van der Waals surface area contributed by atoms with Gasteiger partial charge in [0.1, 0.15) is 18.5 Å². The molecule has 1 aromatic rings.